The first kappa shape index (κ1) is 19.7. The van der Waals surface area contributed by atoms with Crippen molar-refractivity contribution in [3.05, 3.63) is 32.8 Å². The van der Waals surface area contributed by atoms with Crippen LogP contribution in [0.15, 0.2) is 22.7 Å². The highest BCUT2D eigenvalue weighted by Gasteiger charge is 2.32. The van der Waals surface area contributed by atoms with Gasteiger partial charge in [0.05, 0.1) is 16.7 Å². The molecule has 1 heterocycles. The van der Waals surface area contributed by atoms with Crippen molar-refractivity contribution in [2.75, 3.05) is 24.5 Å². The minimum absolute atomic E-state index is 0.0358. The molecule has 1 aliphatic heterocycles. The predicted molar refractivity (Wildman–Crippen MR) is 104 cm³/mol. The van der Waals surface area contributed by atoms with Gasteiger partial charge >= 0.3 is 6.09 Å². The summed E-state index contributed by atoms with van der Waals surface area (Å²) in [4.78, 5) is 25.8. The number of anilines is 1. The van der Waals surface area contributed by atoms with Crippen LogP contribution in [-0.4, -0.2) is 54.8 Å². The predicted octanol–water partition coefficient (Wildman–Crippen LogP) is 4.25. The zero-order valence-electron chi connectivity index (χ0n) is 14.7. The molecule has 1 aromatic rings. The average Bonchev–Trinajstić information content (AvgIpc) is 2.94. The van der Waals surface area contributed by atoms with Crippen LogP contribution in [0.4, 0.5) is 16.2 Å². The molecule has 0 aromatic heterocycles. The molecule has 1 amide bonds. The van der Waals surface area contributed by atoms with E-state index in [1.165, 1.54) is 12.1 Å². The van der Waals surface area contributed by atoms with Gasteiger partial charge in [-0.05, 0) is 34.5 Å². The number of halogens is 1. The summed E-state index contributed by atoms with van der Waals surface area (Å²) in [6, 6.07) is 5.58. The molecule has 1 aromatic carbocycles. The number of nitro benzene ring substituents is 1. The van der Waals surface area contributed by atoms with Crippen LogP contribution in [0, 0.1) is 10.1 Å². The Morgan fingerprint density at radius 3 is 2.68 bits per heavy atom. The summed E-state index contributed by atoms with van der Waals surface area (Å²) in [5, 5.41) is 20.4. The third kappa shape index (κ3) is 5.18. The standard InChI is InChI=1S/C16H24BrN3O4Si/c1-25(2,3)9-8-19(16(21)22)13-6-7-18(11-13)15-5-4-12(20(23)24)10-14(15)17/h4-5,10,13H,6-9,11H2,1-3H3,(H,21,22). The van der Waals surface area contributed by atoms with Crippen molar-refractivity contribution in [2.45, 2.75) is 38.1 Å². The van der Waals surface area contributed by atoms with Gasteiger partial charge in [-0.1, -0.05) is 19.6 Å². The second-order valence-corrected chi connectivity index (χ2v) is 14.0. The van der Waals surface area contributed by atoms with E-state index < -0.39 is 19.1 Å². The monoisotopic (exact) mass is 429 g/mol. The zero-order valence-corrected chi connectivity index (χ0v) is 17.3. The lowest BCUT2D eigenvalue weighted by molar-refractivity contribution is -0.384. The molecule has 1 saturated heterocycles. The van der Waals surface area contributed by atoms with Gasteiger partial charge < -0.3 is 14.9 Å². The van der Waals surface area contributed by atoms with Gasteiger partial charge in [0.1, 0.15) is 0 Å². The minimum Gasteiger partial charge on any atom is -0.465 e. The molecule has 0 bridgehead atoms. The lowest BCUT2D eigenvalue weighted by atomic mass is 10.2. The van der Waals surface area contributed by atoms with Crippen LogP contribution < -0.4 is 4.90 Å². The van der Waals surface area contributed by atoms with Gasteiger partial charge in [-0.15, -0.1) is 0 Å². The Morgan fingerprint density at radius 2 is 2.16 bits per heavy atom. The van der Waals surface area contributed by atoms with Crippen molar-refractivity contribution in [1.82, 2.24) is 4.90 Å². The molecule has 1 aliphatic rings. The molecule has 9 heteroatoms. The van der Waals surface area contributed by atoms with Crippen LogP contribution in [0.1, 0.15) is 6.42 Å². The van der Waals surface area contributed by atoms with E-state index in [0.717, 1.165) is 24.7 Å². The topological polar surface area (TPSA) is 86.9 Å². The smallest absolute Gasteiger partial charge is 0.407 e. The van der Waals surface area contributed by atoms with Gasteiger partial charge in [0.25, 0.3) is 5.69 Å². The van der Waals surface area contributed by atoms with Gasteiger partial charge in [-0.3, -0.25) is 10.1 Å². The van der Waals surface area contributed by atoms with E-state index in [2.05, 4.69) is 40.5 Å². The quantitative estimate of drug-likeness (QED) is 0.414. The van der Waals surface area contributed by atoms with Crippen LogP contribution >= 0.6 is 15.9 Å². The largest absolute Gasteiger partial charge is 0.465 e. The number of nitro groups is 1. The Hall–Kier alpha value is -1.61. The minimum atomic E-state index is -1.31. The molecule has 1 fully saturated rings. The highest BCUT2D eigenvalue weighted by Crippen LogP contribution is 2.33. The Balaban J connectivity index is 2.09. The van der Waals surface area contributed by atoms with Crippen LogP contribution in [0.2, 0.25) is 25.7 Å². The molecule has 0 radical (unpaired) electrons. The Labute approximate surface area is 156 Å². The molecule has 0 spiro atoms. The molecule has 25 heavy (non-hydrogen) atoms. The highest BCUT2D eigenvalue weighted by atomic mass is 79.9. The lowest BCUT2D eigenvalue weighted by Crippen LogP contribution is -2.43. The van der Waals surface area contributed by atoms with E-state index in [0.29, 0.717) is 17.6 Å². The molecule has 0 aliphatic carbocycles. The van der Waals surface area contributed by atoms with Crippen molar-refractivity contribution >= 4 is 41.5 Å². The SMILES string of the molecule is C[Si](C)(C)CCN(C(=O)O)C1CCN(c2ccc([N+](=O)[O-])cc2Br)C1. The van der Waals surface area contributed by atoms with E-state index in [4.69, 9.17) is 0 Å². The van der Waals surface area contributed by atoms with E-state index in [9.17, 15) is 20.0 Å². The molecular formula is C16H24BrN3O4Si. The molecule has 2 rings (SSSR count). The summed E-state index contributed by atoms with van der Waals surface area (Å²) in [6.07, 6.45) is -0.102. The number of rotatable bonds is 6. The van der Waals surface area contributed by atoms with E-state index in [1.54, 1.807) is 11.0 Å². The number of hydrogen-bond acceptors (Lipinski definition) is 4. The van der Waals surface area contributed by atoms with Crippen LogP contribution in [-0.2, 0) is 0 Å². The summed E-state index contributed by atoms with van der Waals surface area (Å²) >= 11 is 3.40. The fraction of sp³-hybridized carbons (Fsp3) is 0.562. The van der Waals surface area contributed by atoms with Gasteiger partial charge in [-0.25, -0.2) is 4.79 Å². The van der Waals surface area contributed by atoms with E-state index in [1.807, 2.05) is 0 Å². The number of benzene rings is 1. The van der Waals surface area contributed by atoms with Crippen molar-refractivity contribution < 1.29 is 14.8 Å². The summed E-state index contributed by atoms with van der Waals surface area (Å²) in [5.41, 5.74) is 0.900. The first-order valence-corrected chi connectivity index (χ1v) is 12.8. The molecule has 0 saturated carbocycles. The van der Waals surface area contributed by atoms with Crippen LogP contribution in [0.5, 0.6) is 0 Å². The van der Waals surface area contributed by atoms with Crippen molar-refractivity contribution in [2.24, 2.45) is 0 Å². The van der Waals surface area contributed by atoms with Crippen molar-refractivity contribution in [1.29, 1.82) is 0 Å². The third-order valence-corrected chi connectivity index (χ3v) is 6.79. The normalized spacial score (nSPS) is 17.6. The Morgan fingerprint density at radius 1 is 1.48 bits per heavy atom. The number of amides is 1. The van der Waals surface area contributed by atoms with Gasteiger partial charge in [0.2, 0.25) is 0 Å². The number of carbonyl (C=O) groups is 1. The summed E-state index contributed by atoms with van der Waals surface area (Å²) in [5.74, 6) is 0. The fourth-order valence-electron chi connectivity index (χ4n) is 2.97. The highest BCUT2D eigenvalue weighted by molar-refractivity contribution is 9.10. The molecule has 1 atom stereocenters. The Bertz CT molecular complexity index is 665. The van der Waals surface area contributed by atoms with Crippen molar-refractivity contribution in [3.8, 4) is 0 Å². The summed E-state index contributed by atoms with van der Waals surface area (Å²) in [7, 11) is -1.31. The first-order valence-electron chi connectivity index (χ1n) is 8.27. The van der Waals surface area contributed by atoms with Gasteiger partial charge in [-0.2, -0.15) is 0 Å². The van der Waals surface area contributed by atoms with Gasteiger partial charge in [0.15, 0.2) is 0 Å². The number of nitrogens with zero attached hydrogens (tertiary/aromatic N) is 3. The zero-order chi connectivity index (χ0) is 18.8. The second kappa shape index (κ2) is 7.73. The number of non-ortho nitro benzene ring substituents is 1. The summed E-state index contributed by atoms with van der Waals surface area (Å²) in [6.45, 7) is 8.63. The number of hydrogen-bond donors (Lipinski definition) is 1. The molecule has 7 nitrogen and oxygen atoms in total. The maximum Gasteiger partial charge on any atom is 0.407 e. The Kier molecular flexibility index (Phi) is 6.10. The van der Waals surface area contributed by atoms with Gasteiger partial charge in [0, 0.05) is 44.3 Å². The van der Waals surface area contributed by atoms with Crippen molar-refractivity contribution in [3.63, 3.8) is 0 Å². The van der Waals surface area contributed by atoms with Crippen LogP contribution in [0.25, 0.3) is 0 Å². The maximum atomic E-state index is 11.7. The molecule has 138 valence electrons. The number of carboxylic acid groups (broad SMARTS) is 1. The summed E-state index contributed by atoms with van der Waals surface area (Å²) < 4.78 is 0.659. The van der Waals surface area contributed by atoms with E-state index >= 15 is 0 Å². The lowest BCUT2D eigenvalue weighted by Gasteiger charge is -2.29. The third-order valence-electron chi connectivity index (χ3n) is 4.44. The fourth-order valence-corrected chi connectivity index (χ4v) is 4.50. The average molecular weight is 430 g/mol. The van der Waals surface area contributed by atoms with E-state index in [-0.39, 0.29) is 11.7 Å². The molecule has 1 N–H and O–H groups in total. The molecule has 1 unspecified atom stereocenters. The maximum absolute atomic E-state index is 11.7. The van der Waals surface area contributed by atoms with Crippen LogP contribution in [0.3, 0.4) is 0 Å². The first-order chi connectivity index (χ1) is 11.6. The second-order valence-electron chi connectivity index (χ2n) is 7.57. The molecular weight excluding hydrogens is 406 g/mol.